The molecule has 9 nitrogen and oxygen atoms in total. The second-order valence-electron chi connectivity index (χ2n) is 9.58. The molecular formula is C26H33N7O2S. The highest BCUT2D eigenvalue weighted by Crippen LogP contribution is 2.28. The minimum absolute atomic E-state index is 0.0610. The summed E-state index contributed by atoms with van der Waals surface area (Å²) in [5.41, 5.74) is 2.03. The lowest BCUT2D eigenvalue weighted by Crippen LogP contribution is -2.44. The summed E-state index contributed by atoms with van der Waals surface area (Å²) in [6, 6.07) is 8.22. The molecule has 5 rings (SSSR count). The van der Waals surface area contributed by atoms with Gasteiger partial charge in [-0.2, -0.15) is 0 Å². The standard InChI is InChI=1S/C26H33N7O2S/c1-4-6-24(34)33-10-8-20(16-33)28-22-11-19(15-32-13-17(2)35-18(3)14-32)12-23(30-22)31-26-29-21-7-5-9-27-25(21)36-26/h4-7,9,11-12,17-18,20H,8,10,13-16H2,1-3H3,(H2,28,29,30,31)/b6-4+/t17-,18+,20-/m0/s1. The van der Waals surface area contributed by atoms with Crippen LogP contribution in [0.3, 0.4) is 0 Å². The van der Waals surface area contributed by atoms with Crippen LogP contribution in [0, 0.1) is 0 Å². The van der Waals surface area contributed by atoms with Gasteiger partial charge in [0.25, 0.3) is 0 Å². The van der Waals surface area contributed by atoms with Gasteiger partial charge in [-0.05, 0) is 63.1 Å². The van der Waals surface area contributed by atoms with Gasteiger partial charge in [-0.3, -0.25) is 9.69 Å². The highest BCUT2D eigenvalue weighted by Gasteiger charge is 2.26. The average molecular weight is 508 g/mol. The van der Waals surface area contributed by atoms with E-state index in [1.165, 1.54) is 11.3 Å². The number of hydrogen-bond donors (Lipinski definition) is 2. The fourth-order valence-corrected chi connectivity index (χ4v) is 5.77. The largest absolute Gasteiger partial charge is 0.373 e. The molecule has 2 aliphatic rings. The molecule has 2 N–H and O–H groups in total. The molecule has 0 radical (unpaired) electrons. The van der Waals surface area contributed by atoms with E-state index >= 15 is 0 Å². The van der Waals surface area contributed by atoms with Gasteiger partial charge < -0.3 is 20.3 Å². The highest BCUT2D eigenvalue weighted by atomic mass is 32.1. The van der Waals surface area contributed by atoms with Gasteiger partial charge in [0.2, 0.25) is 5.91 Å². The Kier molecular flexibility index (Phi) is 7.45. The SMILES string of the molecule is C/C=C/C(=O)N1CC[C@H](Nc2cc(CN3C[C@@H](C)O[C@@H](C)C3)cc(Nc3nc4cccnc4s3)n2)C1. The predicted octanol–water partition coefficient (Wildman–Crippen LogP) is 4.03. The van der Waals surface area contributed by atoms with Gasteiger partial charge >= 0.3 is 0 Å². The molecule has 2 fully saturated rings. The molecule has 0 spiro atoms. The molecular weight excluding hydrogens is 474 g/mol. The van der Waals surface area contributed by atoms with E-state index < -0.39 is 0 Å². The van der Waals surface area contributed by atoms with Crippen molar-refractivity contribution in [2.24, 2.45) is 0 Å². The number of nitrogens with one attached hydrogen (secondary N) is 2. The summed E-state index contributed by atoms with van der Waals surface area (Å²) in [5, 5.41) is 7.73. The Morgan fingerprint density at radius 3 is 2.78 bits per heavy atom. The van der Waals surface area contributed by atoms with Gasteiger partial charge in [-0.1, -0.05) is 17.4 Å². The smallest absolute Gasteiger partial charge is 0.246 e. The van der Waals surface area contributed by atoms with Crippen molar-refractivity contribution < 1.29 is 9.53 Å². The zero-order chi connectivity index (χ0) is 25.1. The van der Waals surface area contributed by atoms with Crippen LogP contribution in [0.2, 0.25) is 0 Å². The van der Waals surface area contributed by atoms with Crippen molar-refractivity contribution in [2.45, 2.75) is 52.0 Å². The Balaban J connectivity index is 1.36. The van der Waals surface area contributed by atoms with Crippen LogP contribution in [-0.4, -0.2) is 75.1 Å². The first-order valence-corrected chi connectivity index (χ1v) is 13.3. The van der Waals surface area contributed by atoms with Crippen LogP contribution in [0.25, 0.3) is 10.3 Å². The fourth-order valence-electron chi connectivity index (χ4n) is 4.96. The van der Waals surface area contributed by atoms with Crippen LogP contribution < -0.4 is 10.6 Å². The first-order chi connectivity index (χ1) is 17.4. The lowest BCUT2D eigenvalue weighted by molar-refractivity contribution is -0.125. The van der Waals surface area contributed by atoms with Crippen molar-refractivity contribution >= 4 is 44.4 Å². The first kappa shape index (κ1) is 24.6. The van der Waals surface area contributed by atoms with E-state index in [0.717, 1.165) is 65.3 Å². The predicted molar refractivity (Wildman–Crippen MR) is 144 cm³/mol. The number of pyridine rings is 2. The van der Waals surface area contributed by atoms with Crippen LogP contribution in [0.5, 0.6) is 0 Å². The monoisotopic (exact) mass is 507 g/mol. The summed E-state index contributed by atoms with van der Waals surface area (Å²) >= 11 is 1.51. The van der Waals surface area contributed by atoms with Crippen molar-refractivity contribution in [3.63, 3.8) is 0 Å². The molecule has 2 saturated heterocycles. The number of anilines is 3. The molecule has 0 saturated carbocycles. The molecule has 3 aromatic rings. The molecule has 0 aromatic carbocycles. The Labute approximate surface area is 215 Å². The van der Waals surface area contributed by atoms with Gasteiger partial charge in [-0.25, -0.2) is 15.0 Å². The lowest BCUT2D eigenvalue weighted by Gasteiger charge is -2.35. The Morgan fingerprint density at radius 2 is 2.00 bits per heavy atom. The topological polar surface area (TPSA) is 95.5 Å². The third kappa shape index (κ3) is 6.00. The summed E-state index contributed by atoms with van der Waals surface area (Å²) in [7, 11) is 0. The molecule has 0 unspecified atom stereocenters. The van der Waals surface area contributed by atoms with Crippen molar-refractivity contribution in [3.8, 4) is 0 Å². The molecule has 5 heterocycles. The number of thiazole rings is 1. The Hall–Kier alpha value is -3.08. The van der Waals surface area contributed by atoms with Crippen molar-refractivity contribution in [3.05, 3.63) is 48.2 Å². The van der Waals surface area contributed by atoms with Gasteiger partial charge in [-0.15, -0.1) is 0 Å². The Morgan fingerprint density at radius 1 is 1.19 bits per heavy atom. The van der Waals surface area contributed by atoms with Crippen LogP contribution in [-0.2, 0) is 16.1 Å². The zero-order valence-electron chi connectivity index (χ0n) is 21.0. The van der Waals surface area contributed by atoms with Crippen LogP contribution in [0.15, 0.2) is 42.6 Å². The number of amides is 1. The molecule has 0 aliphatic carbocycles. The second-order valence-corrected chi connectivity index (χ2v) is 10.6. The second kappa shape index (κ2) is 10.9. The van der Waals surface area contributed by atoms with Gasteiger partial charge in [0.15, 0.2) is 5.13 Å². The molecule has 36 heavy (non-hydrogen) atoms. The average Bonchev–Trinajstić information content (AvgIpc) is 3.45. The van der Waals surface area contributed by atoms with Gasteiger partial charge in [0, 0.05) is 45.0 Å². The van der Waals surface area contributed by atoms with Gasteiger partial charge in [0.1, 0.15) is 22.0 Å². The lowest BCUT2D eigenvalue weighted by atomic mass is 10.1. The number of allylic oxidation sites excluding steroid dienone is 1. The first-order valence-electron chi connectivity index (χ1n) is 12.5. The Bertz CT molecular complexity index is 1200. The quantitative estimate of drug-likeness (QED) is 0.463. The molecule has 0 bridgehead atoms. The minimum atomic E-state index is 0.0610. The van der Waals surface area contributed by atoms with E-state index in [2.05, 4.69) is 51.5 Å². The number of aromatic nitrogens is 3. The van der Waals surface area contributed by atoms with E-state index in [4.69, 9.17) is 9.72 Å². The van der Waals surface area contributed by atoms with E-state index in [1.807, 2.05) is 24.0 Å². The summed E-state index contributed by atoms with van der Waals surface area (Å²) in [5.74, 6) is 1.60. The summed E-state index contributed by atoms with van der Waals surface area (Å²) in [6.45, 7) is 10.1. The zero-order valence-corrected chi connectivity index (χ0v) is 21.8. The number of fused-ring (bicyclic) bond motifs is 1. The van der Waals surface area contributed by atoms with Crippen LogP contribution >= 0.6 is 11.3 Å². The van der Waals surface area contributed by atoms with E-state index in [0.29, 0.717) is 6.54 Å². The van der Waals surface area contributed by atoms with Crippen LogP contribution in [0.1, 0.15) is 32.8 Å². The maximum absolute atomic E-state index is 12.3. The molecule has 3 atom stereocenters. The third-order valence-corrected chi connectivity index (χ3v) is 7.24. The van der Waals surface area contributed by atoms with E-state index in [9.17, 15) is 4.79 Å². The molecule has 10 heteroatoms. The van der Waals surface area contributed by atoms with Crippen LogP contribution in [0.4, 0.5) is 16.8 Å². The van der Waals surface area contributed by atoms with Crippen molar-refractivity contribution in [1.29, 1.82) is 0 Å². The maximum Gasteiger partial charge on any atom is 0.246 e. The number of likely N-dealkylation sites (tertiary alicyclic amines) is 1. The highest BCUT2D eigenvalue weighted by molar-refractivity contribution is 7.21. The van der Waals surface area contributed by atoms with Crippen molar-refractivity contribution in [1.82, 2.24) is 24.8 Å². The molecule has 3 aromatic heterocycles. The molecule has 190 valence electrons. The summed E-state index contributed by atoms with van der Waals surface area (Å²) in [4.78, 5) is 31.4. The van der Waals surface area contributed by atoms with Gasteiger partial charge in [0.05, 0.1) is 12.2 Å². The number of carbonyl (C=O) groups is 1. The maximum atomic E-state index is 12.3. The molecule has 1 amide bonds. The number of rotatable bonds is 7. The van der Waals surface area contributed by atoms with E-state index in [-0.39, 0.29) is 24.2 Å². The molecule has 2 aliphatic heterocycles. The number of nitrogens with zero attached hydrogens (tertiary/aromatic N) is 5. The minimum Gasteiger partial charge on any atom is -0.373 e. The fraction of sp³-hybridized carbons (Fsp3) is 0.462. The number of morpholine rings is 1. The van der Waals surface area contributed by atoms with E-state index in [1.54, 1.807) is 18.3 Å². The third-order valence-electron chi connectivity index (χ3n) is 6.35. The van der Waals surface area contributed by atoms with Crippen molar-refractivity contribution in [2.75, 3.05) is 36.8 Å². The number of ether oxygens (including phenoxy) is 1. The summed E-state index contributed by atoms with van der Waals surface area (Å²) in [6.07, 6.45) is 6.50. The number of hydrogen-bond acceptors (Lipinski definition) is 9. The normalized spacial score (nSPS) is 23.0. The summed E-state index contributed by atoms with van der Waals surface area (Å²) < 4.78 is 5.92. The number of carbonyl (C=O) groups excluding carboxylic acids is 1.